The van der Waals surface area contributed by atoms with Crippen LogP contribution in [0.3, 0.4) is 0 Å². The molecule has 0 aromatic rings. The topological polar surface area (TPSA) is 114 Å². The minimum absolute atomic E-state index is 0.00307. The second-order valence-electron chi connectivity index (χ2n) is 8.08. The standard InChI is InChI=1S/C20H42N2O8Si2/c1-10-20(2,3)14-17(13-19(24)22-16-32(28-7,29-8)30-9)11-12-18(23)21-15-31(25-4,26-5)27-6/h11H,10,12-16H2,1-9H3,(H,21,23)(H,22,24). The van der Waals surface area contributed by atoms with Crippen LogP contribution in [0.15, 0.2) is 11.6 Å². The number of carbonyl (C=O) groups is 2. The van der Waals surface area contributed by atoms with Crippen molar-refractivity contribution >= 4 is 29.4 Å². The van der Waals surface area contributed by atoms with Crippen LogP contribution in [0.5, 0.6) is 0 Å². The molecule has 0 bridgehead atoms. The molecule has 0 atom stereocenters. The van der Waals surface area contributed by atoms with E-state index in [4.69, 9.17) is 26.6 Å². The number of hydrogen-bond donors (Lipinski definition) is 2. The summed E-state index contributed by atoms with van der Waals surface area (Å²) < 4.78 is 31.9. The van der Waals surface area contributed by atoms with Gasteiger partial charge in [-0.1, -0.05) is 38.8 Å². The van der Waals surface area contributed by atoms with Gasteiger partial charge in [-0.2, -0.15) is 0 Å². The van der Waals surface area contributed by atoms with Crippen LogP contribution in [-0.4, -0.2) is 84.4 Å². The second kappa shape index (κ2) is 14.9. The van der Waals surface area contributed by atoms with E-state index in [1.807, 2.05) is 6.08 Å². The van der Waals surface area contributed by atoms with Crippen molar-refractivity contribution < 1.29 is 36.1 Å². The molecule has 0 unspecified atom stereocenters. The van der Waals surface area contributed by atoms with Crippen molar-refractivity contribution in [2.24, 2.45) is 5.41 Å². The summed E-state index contributed by atoms with van der Waals surface area (Å²) in [5.41, 5.74) is 0.884. The van der Waals surface area contributed by atoms with Crippen molar-refractivity contribution in [3.63, 3.8) is 0 Å². The molecule has 188 valence electrons. The highest BCUT2D eigenvalue weighted by molar-refractivity contribution is 6.61. The van der Waals surface area contributed by atoms with Gasteiger partial charge in [-0.05, 0) is 11.8 Å². The molecule has 10 nitrogen and oxygen atoms in total. The van der Waals surface area contributed by atoms with E-state index < -0.39 is 17.6 Å². The quantitative estimate of drug-likeness (QED) is 0.231. The van der Waals surface area contributed by atoms with Crippen LogP contribution in [0.25, 0.3) is 0 Å². The van der Waals surface area contributed by atoms with Crippen LogP contribution >= 0.6 is 0 Å². The molecule has 0 aromatic heterocycles. The van der Waals surface area contributed by atoms with E-state index in [1.165, 1.54) is 42.7 Å². The van der Waals surface area contributed by atoms with Gasteiger partial charge in [0, 0.05) is 55.5 Å². The Hall–Kier alpha value is -1.13. The van der Waals surface area contributed by atoms with Crippen LogP contribution in [0.2, 0.25) is 0 Å². The average molecular weight is 495 g/mol. The molecular formula is C20H42N2O8Si2. The Kier molecular flexibility index (Phi) is 14.4. The van der Waals surface area contributed by atoms with Gasteiger partial charge in [0.05, 0.1) is 12.3 Å². The van der Waals surface area contributed by atoms with E-state index in [-0.39, 0.29) is 42.4 Å². The summed E-state index contributed by atoms with van der Waals surface area (Å²) in [6, 6.07) is 0. The van der Waals surface area contributed by atoms with Crippen LogP contribution in [-0.2, 0) is 36.1 Å². The molecule has 0 spiro atoms. The lowest BCUT2D eigenvalue weighted by Crippen LogP contribution is -2.53. The molecule has 0 fully saturated rings. The van der Waals surface area contributed by atoms with Crippen molar-refractivity contribution in [2.45, 2.75) is 46.5 Å². The Labute approximate surface area is 195 Å². The first-order valence-corrected chi connectivity index (χ1v) is 14.4. The summed E-state index contributed by atoms with van der Waals surface area (Å²) in [7, 11) is 3.14. The highest BCUT2D eigenvalue weighted by Gasteiger charge is 2.39. The van der Waals surface area contributed by atoms with Crippen LogP contribution in [0.4, 0.5) is 0 Å². The molecule has 0 heterocycles. The van der Waals surface area contributed by atoms with Crippen molar-refractivity contribution in [2.75, 3.05) is 55.0 Å². The largest absolute Gasteiger partial charge is 0.520 e. The van der Waals surface area contributed by atoms with Crippen molar-refractivity contribution in [1.82, 2.24) is 10.6 Å². The highest BCUT2D eigenvalue weighted by atomic mass is 28.4. The summed E-state index contributed by atoms with van der Waals surface area (Å²) in [5.74, 6) is -0.388. The Bertz CT molecular complexity index is 592. The molecule has 0 saturated heterocycles. The normalized spacial score (nSPS) is 13.2. The summed E-state index contributed by atoms with van der Waals surface area (Å²) in [4.78, 5) is 25.0. The number of hydrogen-bond acceptors (Lipinski definition) is 8. The lowest BCUT2D eigenvalue weighted by atomic mass is 9.82. The van der Waals surface area contributed by atoms with Gasteiger partial charge in [0.25, 0.3) is 0 Å². The maximum atomic E-state index is 12.6. The summed E-state index contributed by atoms with van der Waals surface area (Å²) in [6.45, 7) is 6.37. The first kappa shape index (κ1) is 30.9. The second-order valence-corrected chi connectivity index (χ2v) is 14.0. The van der Waals surface area contributed by atoms with Gasteiger partial charge < -0.3 is 37.2 Å². The summed E-state index contributed by atoms with van der Waals surface area (Å²) >= 11 is 0. The first-order chi connectivity index (χ1) is 15.0. The van der Waals surface area contributed by atoms with Crippen molar-refractivity contribution in [3.8, 4) is 0 Å². The zero-order valence-electron chi connectivity index (χ0n) is 21.1. The number of amides is 2. The van der Waals surface area contributed by atoms with Gasteiger partial charge in [0.15, 0.2) is 0 Å². The van der Waals surface area contributed by atoms with Crippen LogP contribution in [0.1, 0.15) is 46.5 Å². The Morgan fingerprint density at radius 1 is 0.781 bits per heavy atom. The maximum Gasteiger partial charge on any atom is 0.520 e. The molecule has 0 aliphatic heterocycles. The van der Waals surface area contributed by atoms with Gasteiger partial charge in [0.2, 0.25) is 11.8 Å². The Balaban J connectivity index is 5.16. The maximum absolute atomic E-state index is 12.6. The van der Waals surface area contributed by atoms with Gasteiger partial charge in [0.1, 0.15) is 0 Å². The minimum Gasteiger partial charge on any atom is -0.376 e. The summed E-state index contributed by atoms with van der Waals surface area (Å²) in [5, 5.41) is 5.62. The number of rotatable bonds is 17. The fourth-order valence-corrected chi connectivity index (χ4v) is 5.56. The lowest BCUT2D eigenvalue weighted by molar-refractivity contribution is -0.121. The fraction of sp³-hybridized carbons (Fsp3) is 0.800. The van der Waals surface area contributed by atoms with E-state index >= 15 is 0 Å². The molecular weight excluding hydrogens is 452 g/mol. The van der Waals surface area contributed by atoms with Crippen LogP contribution < -0.4 is 10.6 Å². The third-order valence-electron chi connectivity index (χ3n) is 5.50. The van der Waals surface area contributed by atoms with Gasteiger partial charge in [-0.25, -0.2) is 0 Å². The van der Waals surface area contributed by atoms with Gasteiger partial charge in [-0.15, -0.1) is 0 Å². The fourth-order valence-electron chi connectivity index (χ4n) is 2.87. The molecule has 0 aromatic carbocycles. The molecule has 2 amide bonds. The SMILES string of the molecule is CCC(C)(C)CC(=CCC(=O)NC[Si](OC)(OC)OC)CC(=O)NC[Si](OC)(OC)OC. The van der Waals surface area contributed by atoms with Crippen LogP contribution in [0, 0.1) is 5.41 Å². The van der Waals surface area contributed by atoms with Gasteiger partial charge in [-0.3, -0.25) is 9.59 Å². The molecule has 0 aliphatic carbocycles. The van der Waals surface area contributed by atoms with E-state index in [0.717, 1.165) is 12.0 Å². The molecule has 0 radical (unpaired) electrons. The van der Waals surface area contributed by atoms with E-state index in [9.17, 15) is 9.59 Å². The van der Waals surface area contributed by atoms with Crippen molar-refractivity contribution in [1.29, 1.82) is 0 Å². The molecule has 0 saturated carbocycles. The molecule has 12 heteroatoms. The predicted octanol–water partition coefficient (Wildman–Crippen LogP) is 1.59. The predicted molar refractivity (Wildman–Crippen MR) is 126 cm³/mol. The smallest absolute Gasteiger partial charge is 0.376 e. The summed E-state index contributed by atoms with van der Waals surface area (Å²) in [6.07, 6.45) is 4.08. The molecule has 32 heavy (non-hydrogen) atoms. The molecule has 2 N–H and O–H groups in total. The third-order valence-corrected chi connectivity index (χ3v) is 10.4. The van der Waals surface area contributed by atoms with Gasteiger partial charge >= 0.3 is 17.6 Å². The van der Waals surface area contributed by atoms with E-state index in [0.29, 0.717) is 6.42 Å². The zero-order chi connectivity index (χ0) is 24.8. The van der Waals surface area contributed by atoms with E-state index in [1.54, 1.807) is 0 Å². The molecule has 0 aliphatic rings. The molecule has 0 rings (SSSR count). The highest BCUT2D eigenvalue weighted by Crippen LogP contribution is 2.30. The van der Waals surface area contributed by atoms with E-state index in [2.05, 4.69) is 31.4 Å². The lowest BCUT2D eigenvalue weighted by Gasteiger charge is -2.26. The Morgan fingerprint density at radius 2 is 1.19 bits per heavy atom. The Morgan fingerprint density at radius 3 is 1.56 bits per heavy atom. The zero-order valence-corrected chi connectivity index (χ0v) is 23.1. The number of nitrogens with one attached hydrogen (secondary N) is 2. The third kappa shape index (κ3) is 10.7. The monoisotopic (exact) mass is 494 g/mol. The first-order valence-electron chi connectivity index (χ1n) is 10.5. The number of carbonyl (C=O) groups excluding carboxylic acids is 2. The van der Waals surface area contributed by atoms with Crippen molar-refractivity contribution in [3.05, 3.63) is 11.6 Å². The average Bonchev–Trinajstić information content (AvgIpc) is 2.80. The minimum atomic E-state index is -2.91.